The molecule has 0 bridgehead atoms. The van der Waals surface area contributed by atoms with Gasteiger partial charge in [-0.3, -0.25) is 4.79 Å². The number of esters is 2. The number of hydrogen-bond acceptors (Lipinski definition) is 6. The van der Waals surface area contributed by atoms with Crippen LogP contribution in [0.4, 0.5) is 0 Å². The van der Waals surface area contributed by atoms with Crippen molar-refractivity contribution in [1.82, 2.24) is 0 Å². The van der Waals surface area contributed by atoms with Crippen molar-refractivity contribution in [2.24, 2.45) is 0 Å². The molecule has 6 heteroatoms. The fourth-order valence-electron chi connectivity index (χ4n) is 1.08. The van der Waals surface area contributed by atoms with Crippen LogP contribution in [0.1, 0.15) is 28.8 Å². The molecule has 1 heterocycles. The quantitative estimate of drug-likeness (QED) is 0.762. The summed E-state index contributed by atoms with van der Waals surface area (Å²) in [6.45, 7) is 0. The van der Waals surface area contributed by atoms with Gasteiger partial charge in [0.05, 0.1) is 20.6 Å². The Labute approximate surface area is 91.8 Å². The van der Waals surface area contributed by atoms with Crippen LogP contribution in [0.3, 0.4) is 0 Å². The monoisotopic (exact) mass is 228 g/mol. The Morgan fingerprint density at radius 2 is 2.06 bits per heavy atom. The average Bonchev–Trinajstić information content (AvgIpc) is 2.77. The number of furan rings is 1. The number of aliphatic hydroxyl groups excluding tert-OH is 1. The Morgan fingerprint density at radius 3 is 2.62 bits per heavy atom. The van der Waals surface area contributed by atoms with Gasteiger partial charge in [-0.15, -0.1) is 0 Å². The van der Waals surface area contributed by atoms with E-state index in [1.807, 2.05) is 0 Å². The highest BCUT2D eigenvalue weighted by Crippen LogP contribution is 2.20. The summed E-state index contributed by atoms with van der Waals surface area (Å²) in [4.78, 5) is 21.9. The van der Waals surface area contributed by atoms with Crippen LogP contribution in [0.15, 0.2) is 16.5 Å². The summed E-state index contributed by atoms with van der Waals surface area (Å²) in [6.07, 6.45) is -1.36. The van der Waals surface area contributed by atoms with E-state index in [4.69, 9.17) is 4.42 Å². The zero-order chi connectivity index (χ0) is 12.1. The van der Waals surface area contributed by atoms with Crippen LogP contribution in [-0.2, 0) is 14.3 Å². The zero-order valence-corrected chi connectivity index (χ0v) is 8.93. The third kappa shape index (κ3) is 2.83. The molecule has 6 nitrogen and oxygen atoms in total. The first-order chi connectivity index (χ1) is 7.58. The summed E-state index contributed by atoms with van der Waals surface area (Å²) in [6, 6.07) is 2.77. The summed E-state index contributed by atoms with van der Waals surface area (Å²) in [7, 11) is 2.44. The molecule has 88 valence electrons. The predicted octanol–water partition coefficient (Wildman–Crippen LogP) is 0.663. The molecule has 0 saturated carbocycles. The van der Waals surface area contributed by atoms with Crippen LogP contribution in [-0.4, -0.2) is 31.3 Å². The summed E-state index contributed by atoms with van der Waals surface area (Å²) in [5.74, 6) is -1.12. The van der Waals surface area contributed by atoms with E-state index in [0.29, 0.717) is 0 Å². The molecule has 1 aromatic heterocycles. The average molecular weight is 228 g/mol. The minimum absolute atomic E-state index is 0.0265. The van der Waals surface area contributed by atoms with Crippen molar-refractivity contribution >= 4 is 11.9 Å². The van der Waals surface area contributed by atoms with Gasteiger partial charge in [0.15, 0.2) is 0 Å². The van der Waals surface area contributed by atoms with Gasteiger partial charge < -0.3 is 19.0 Å². The first-order valence-electron chi connectivity index (χ1n) is 4.51. The van der Waals surface area contributed by atoms with Crippen molar-refractivity contribution < 1.29 is 28.6 Å². The number of ether oxygens (including phenoxy) is 2. The Bertz CT molecular complexity index is 380. The molecule has 1 N–H and O–H groups in total. The molecule has 0 aliphatic heterocycles. The van der Waals surface area contributed by atoms with E-state index in [9.17, 15) is 14.7 Å². The maximum atomic E-state index is 11.0. The van der Waals surface area contributed by atoms with Gasteiger partial charge in [-0.25, -0.2) is 4.79 Å². The fourth-order valence-corrected chi connectivity index (χ4v) is 1.08. The molecule has 1 aromatic rings. The highest BCUT2D eigenvalue weighted by Gasteiger charge is 2.19. The maximum Gasteiger partial charge on any atom is 0.373 e. The minimum atomic E-state index is -1.13. The molecule has 0 spiro atoms. The van der Waals surface area contributed by atoms with E-state index in [2.05, 4.69) is 9.47 Å². The predicted molar refractivity (Wildman–Crippen MR) is 51.6 cm³/mol. The Kier molecular flexibility index (Phi) is 4.07. The fraction of sp³-hybridized carbons (Fsp3) is 0.400. The normalized spacial score (nSPS) is 11.9. The van der Waals surface area contributed by atoms with Crippen LogP contribution in [0.2, 0.25) is 0 Å². The Morgan fingerprint density at radius 1 is 1.38 bits per heavy atom. The number of carbonyl (C=O) groups is 2. The summed E-state index contributed by atoms with van der Waals surface area (Å²) >= 11 is 0. The summed E-state index contributed by atoms with van der Waals surface area (Å²) < 4.78 is 13.8. The number of aliphatic hydroxyl groups is 1. The minimum Gasteiger partial charge on any atom is -0.469 e. The Balaban J connectivity index is 2.70. The lowest BCUT2D eigenvalue weighted by Gasteiger charge is -2.05. The smallest absolute Gasteiger partial charge is 0.373 e. The van der Waals surface area contributed by atoms with Gasteiger partial charge in [0, 0.05) is 0 Å². The SMILES string of the molecule is COC(=O)CC(O)c1ccc(C(=O)OC)o1. The van der Waals surface area contributed by atoms with E-state index in [1.54, 1.807) is 0 Å². The van der Waals surface area contributed by atoms with E-state index < -0.39 is 18.0 Å². The highest BCUT2D eigenvalue weighted by molar-refractivity contribution is 5.86. The van der Waals surface area contributed by atoms with Crippen molar-refractivity contribution in [2.75, 3.05) is 14.2 Å². The van der Waals surface area contributed by atoms with Crippen LogP contribution in [0.5, 0.6) is 0 Å². The van der Waals surface area contributed by atoms with E-state index in [-0.39, 0.29) is 17.9 Å². The number of rotatable bonds is 4. The lowest BCUT2D eigenvalue weighted by atomic mass is 10.2. The zero-order valence-electron chi connectivity index (χ0n) is 8.93. The number of hydrogen-bond donors (Lipinski definition) is 1. The lowest BCUT2D eigenvalue weighted by molar-refractivity contribution is -0.143. The van der Waals surface area contributed by atoms with Gasteiger partial charge >= 0.3 is 11.9 Å². The molecule has 0 aromatic carbocycles. The summed E-state index contributed by atoms with van der Waals surface area (Å²) in [5, 5.41) is 9.54. The molecule has 0 saturated heterocycles. The standard InChI is InChI=1S/C10H12O6/c1-14-9(12)5-6(11)7-3-4-8(16-7)10(13)15-2/h3-4,6,11H,5H2,1-2H3. The molecule has 0 fully saturated rings. The second-order valence-electron chi connectivity index (χ2n) is 2.99. The third-order valence-corrected chi connectivity index (χ3v) is 1.93. The van der Waals surface area contributed by atoms with Crippen molar-refractivity contribution in [3.8, 4) is 0 Å². The number of carbonyl (C=O) groups excluding carboxylic acids is 2. The van der Waals surface area contributed by atoms with E-state index >= 15 is 0 Å². The second-order valence-corrected chi connectivity index (χ2v) is 2.99. The first-order valence-corrected chi connectivity index (χ1v) is 4.51. The van der Waals surface area contributed by atoms with Crippen molar-refractivity contribution in [2.45, 2.75) is 12.5 Å². The third-order valence-electron chi connectivity index (χ3n) is 1.93. The lowest BCUT2D eigenvalue weighted by Crippen LogP contribution is -2.07. The van der Waals surface area contributed by atoms with Crippen molar-refractivity contribution in [3.63, 3.8) is 0 Å². The molecule has 0 aliphatic carbocycles. The van der Waals surface area contributed by atoms with Crippen LogP contribution in [0, 0.1) is 0 Å². The summed E-state index contributed by atoms with van der Waals surface area (Å²) in [5.41, 5.74) is 0. The Hall–Kier alpha value is -1.82. The van der Waals surface area contributed by atoms with Crippen molar-refractivity contribution in [3.05, 3.63) is 23.7 Å². The topological polar surface area (TPSA) is 86.0 Å². The van der Waals surface area contributed by atoms with Crippen LogP contribution >= 0.6 is 0 Å². The second kappa shape index (κ2) is 5.32. The van der Waals surface area contributed by atoms with Crippen molar-refractivity contribution in [1.29, 1.82) is 0 Å². The molecular formula is C10H12O6. The molecular weight excluding hydrogens is 216 g/mol. The molecule has 0 amide bonds. The molecule has 1 rings (SSSR count). The van der Waals surface area contributed by atoms with E-state index in [0.717, 1.165) is 0 Å². The largest absolute Gasteiger partial charge is 0.469 e. The molecule has 1 atom stereocenters. The van der Waals surface area contributed by atoms with Gasteiger partial charge in [0.1, 0.15) is 11.9 Å². The van der Waals surface area contributed by atoms with Gasteiger partial charge in [0.2, 0.25) is 5.76 Å². The molecule has 1 unspecified atom stereocenters. The van der Waals surface area contributed by atoms with Gasteiger partial charge in [-0.2, -0.15) is 0 Å². The molecule has 0 aliphatic rings. The van der Waals surface area contributed by atoms with Crippen LogP contribution in [0.25, 0.3) is 0 Å². The van der Waals surface area contributed by atoms with Gasteiger partial charge in [0.25, 0.3) is 0 Å². The number of methoxy groups -OCH3 is 2. The first kappa shape index (κ1) is 12.3. The van der Waals surface area contributed by atoms with Gasteiger partial charge in [-0.1, -0.05) is 0 Å². The molecule has 16 heavy (non-hydrogen) atoms. The molecule has 0 radical (unpaired) electrons. The maximum absolute atomic E-state index is 11.0. The highest BCUT2D eigenvalue weighted by atomic mass is 16.5. The van der Waals surface area contributed by atoms with E-state index in [1.165, 1.54) is 26.4 Å². The van der Waals surface area contributed by atoms with Crippen LogP contribution < -0.4 is 0 Å². The van der Waals surface area contributed by atoms with Gasteiger partial charge in [-0.05, 0) is 12.1 Å².